The van der Waals surface area contributed by atoms with Gasteiger partial charge in [-0.1, -0.05) is 24.7 Å². The minimum Gasteiger partial charge on any atom is -0.212 e. The topological polar surface area (TPSA) is 72.5 Å². The Hall–Kier alpha value is -0.420. The molecule has 50 valence electrons. The second-order valence-corrected chi connectivity index (χ2v) is 1.67. The van der Waals surface area contributed by atoms with E-state index >= 15 is 0 Å². The molecule has 0 heterocycles. The van der Waals surface area contributed by atoms with Gasteiger partial charge in [0.1, 0.15) is 0 Å². The zero-order chi connectivity index (χ0) is 6.99. The summed E-state index contributed by atoms with van der Waals surface area (Å²) in [5.74, 6) is 4.18. The van der Waals surface area contributed by atoms with E-state index in [9.17, 15) is 0 Å². The monoisotopic (exact) mass is 138 g/mol. The van der Waals surface area contributed by atoms with Crippen LogP contribution >= 0.6 is 0 Å². The SMILES string of the molecule is CCC.NN=S(=O)=O. The van der Waals surface area contributed by atoms with Crippen molar-refractivity contribution >= 4 is 10.5 Å². The average Bonchev–Trinajstić information content (AvgIpc) is 1.69. The number of rotatable bonds is 0. The van der Waals surface area contributed by atoms with Crippen molar-refractivity contribution in [1.29, 1.82) is 0 Å². The van der Waals surface area contributed by atoms with Gasteiger partial charge in [0.05, 0.1) is 0 Å². The van der Waals surface area contributed by atoms with Gasteiger partial charge in [-0.25, -0.2) is 5.84 Å². The number of hydrogen-bond donors (Lipinski definition) is 1. The molecule has 0 aliphatic rings. The molecule has 0 saturated heterocycles. The molecule has 0 radical (unpaired) electrons. The summed E-state index contributed by atoms with van der Waals surface area (Å²) in [6, 6.07) is 0. The van der Waals surface area contributed by atoms with Gasteiger partial charge in [0.2, 0.25) is 0 Å². The van der Waals surface area contributed by atoms with Gasteiger partial charge in [-0.3, -0.25) is 0 Å². The molecule has 0 rings (SSSR count). The van der Waals surface area contributed by atoms with Crippen LogP contribution in [-0.2, 0) is 10.5 Å². The summed E-state index contributed by atoms with van der Waals surface area (Å²) in [7, 11) is -2.42. The van der Waals surface area contributed by atoms with Gasteiger partial charge in [0.15, 0.2) is 0 Å². The maximum Gasteiger partial charge on any atom is 0.327 e. The van der Waals surface area contributed by atoms with Gasteiger partial charge < -0.3 is 0 Å². The predicted octanol–water partition coefficient (Wildman–Crippen LogP) is 0.339. The van der Waals surface area contributed by atoms with E-state index in [1.807, 2.05) is 0 Å². The summed E-state index contributed by atoms with van der Waals surface area (Å²) >= 11 is 0. The molecule has 0 aromatic heterocycles. The van der Waals surface area contributed by atoms with Crippen LogP contribution in [0.1, 0.15) is 20.3 Å². The molecular weight excluding hydrogens is 128 g/mol. The Morgan fingerprint density at radius 3 is 1.62 bits per heavy atom. The zero-order valence-electron chi connectivity index (χ0n) is 4.96. The lowest BCUT2D eigenvalue weighted by atomic mass is 10.6. The smallest absolute Gasteiger partial charge is 0.212 e. The van der Waals surface area contributed by atoms with Gasteiger partial charge in [-0.05, 0) is 0 Å². The molecule has 8 heavy (non-hydrogen) atoms. The fraction of sp³-hybridized carbons (Fsp3) is 1.00. The fourth-order valence-corrected chi connectivity index (χ4v) is 0. The summed E-state index contributed by atoms with van der Waals surface area (Å²) in [6.45, 7) is 4.25. The lowest BCUT2D eigenvalue weighted by Crippen LogP contribution is -1.73. The molecule has 0 bridgehead atoms. The second kappa shape index (κ2) is 9.77. The number of hydrogen-bond acceptors (Lipinski definition) is 3. The summed E-state index contributed by atoms with van der Waals surface area (Å²) in [4.78, 5) is 0. The van der Waals surface area contributed by atoms with Crippen LogP contribution < -0.4 is 5.84 Å². The molecule has 0 saturated carbocycles. The first-order valence-electron chi connectivity index (χ1n) is 2.19. The molecule has 0 atom stereocenters. The van der Waals surface area contributed by atoms with Gasteiger partial charge in [0.25, 0.3) is 0 Å². The van der Waals surface area contributed by atoms with Crippen LogP contribution in [0, 0.1) is 0 Å². The third-order valence-electron chi connectivity index (χ3n) is 0.0861. The van der Waals surface area contributed by atoms with Gasteiger partial charge in [-0.2, -0.15) is 8.42 Å². The van der Waals surface area contributed by atoms with Crippen LogP contribution in [-0.4, -0.2) is 8.42 Å². The first-order chi connectivity index (χ1) is 3.68. The van der Waals surface area contributed by atoms with E-state index in [1.54, 1.807) is 0 Å². The summed E-state index contributed by atoms with van der Waals surface area (Å²) in [5.41, 5.74) is 0. The molecule has 2 N–H and O–H groups in total. The van der Waals surface area contributed by atoms with Crippen molar-refractivity contribution in [1.82, 2.24) is 0 Å². The van der Waals surface area contributed by atoms with Crippen molar-refractivity contribution in [2.75, 3.05) is 0 Å². The Kier molecular flexibility index (Phi) is 12.9. The molecule has 0 amide bonds. The maximum absolute atomic E-state index is 9.08. The van der Waals surface area contributed by atoms with E-state index in [0.717, 1.165) is 0 Å². The van der Waals surface area contributed by atoms with E-state index in [-0.39, 0.29) is 0 Å². The van der Waals surface area contributed by atoms with Crippen molar-refractivity contribution in [2.45, 2.75) is 20.3 Å². The molecule has 0 aliphatic carbocycles. The van der Waals surface area contributed by atoms with E-state index in [4.69, 9.17) is 8.42 Å². The number of nitrogens with two attached hydrogens (primary N) is 1. The summed E-state index contributed by atoms with van der Waals surface area (Å²) < 4.78 is 20.5. The normalized spacial score (nSPS) is 6.38. The van der Waals surface area contributed by atoms with Gasteiger partial charge in [-0.15, -0.1) is 0 Å². The average molecular weight is 138 g/mol. The largest absolute Gasteiger partial charge is 0.327 e. The Labute approximate surface area is 50.4 Å². The third kappa shape index (κ3) is 46.9. The minimum atomic E-state index is -2.42. The van der Waals surface area contributed by atoms with Crippen molar-refractivity contribution in [3.63, 3.8) is 0 Å². The van der Waals surface area contributed by atoms with Crippen LogP contribution in [0.4, 0.5) is 0 Å². The molecule has 0 fully saturated rings. The lowest BCUT2D eigenvalue weighted by molar-refractivity contribution is 0.620. The van der Waals surface area contributed by atoms with Crippen LogP contribution in [0.25, 0.3) is 0 Å². The molecule has 0 aliphatic heterocycles. The Morgan fingerprint density at radius 2 is 1.62 bits per heavy atom. The lowest BCUT2D eigenvalue weighted by Gasteiger charge is -1.48. The standard InChI is InChI=1S/C3H8.H2N2O2S/c1-3-2;1-2-5(3)4/h3H2,1-2H3;1H2. The van der Waals surface area contributed by atoms with E-state index in [0.29, 0.717) is 0 Å². The van der Waals surface area contributed by atoms with E-state index in [2.05, 4.69) is 24.2 Å². The molecule has 0 spiro atoms. The molecule has 4 nitrogen and oxygen atoms in total. The van der Waals surface area contributed by atoms with Crippen molar-refractivity contribution in [3.05, 3.63) is 0 Å². The molecule has 0 aromatic carbocycles. The molecule has 0 aromatic rings. The molecule has 0 unspecified atom stereocenters. The van der Waals surface area contributed by atoms with Crippen molar-refractivity contribution < 1.29 is 8.42 Å². The highest BCUT2D eigenvalue weighted by Crippen LogP contribution is 1.56. The van der Waals surface area contributed by atoms with Crippen molar-refractivity contribution in [3.8, 4) is 0 Å². The van der Waals surface area contributed by atoms with E-state index < -0.39 is 10.5 Å². The minimum absolute atomic E-state index is 1.25. The van der Waals surface area contributed by atoms with E-state index in [1.165, 1.54) is 6.42 Å². The highest BCUT2D eigenvalue weighted by molar-refractivity contribution is 7.61. The summed E-state index contributed by atoms with van der Waals surface area (Å²) in [5, 5.41) is 0. The summed E-state index contributed by atoms with van der Waals surface area (Å²) in [6.07, 6.45) is 1.25. The highest BCUT2D eigenvalue weighted by atomic mass is 32.2. The first kappa shape index (κ1) is 10.5. The molecule has 5 heteroatoms. The third-order valence-corrected chi connectivity index (χ3v) is 0.258. The van der Waals surface area contributed by atoms with Gasteiger partial charge in [0, 0.05) is 0 Å². The zero-order valence-corrected chi connectivity index (χ0v) is 5.77. The molecular formula is C3H10N2O2S. The second-order valence-electron chi connectivity index (χ2n) is 1.03. The highest BCUT2D eigenvalue weighted by Gasteiger charge is 1.47. The first-order valence-corrected chi connectivity index (χ1v) is 3.22. The number of nitrogens with zero attached hydrogens (tertiary/aromatic N) is 1. The van der Waals surface area contributed by atoms with Crippen LogP contribution in [0.15, 0.2) is 4.47 Å². The fourth-order valence-electron chi connectivity index (χ4n) is 0. The van der Waals surface area contributed by atoms with Crippen molar-refractivity contribution in [2.24, 2.45) is 10.3 Å². The van der Waals surface area contributed by atoms with Crippen LogP contribution in [0.5, 0.6) is 0 Å². The van der Waals surface area contributed by atoms with Gasteiger partial charge >= 0.3 is 10.5 Å². The van der Waals surface area contributed by atoms with Crippen LogP contribution in [0.2, 0.25) is 0 Å². The van der Waals surface area contributed by atoms with Crippen LogP contribution in [0.3, 0.4) is 0 Å². The maximum atomic E-state index is 9.08. The quantitative estimate of drug-likeness (QED) is 0.387. The predicted molar refractivity (Wildman–Crippen MR) is 31.5 cm³/mol. The Morgan fingerprint density at radius 1 is 1.50 bits per heavy atom. The Balaban J connectivity index is 0. The Bertz CT molecular complexity index is 129.